The van der Waals surface area contributed by atoms with Crippen LogP contribution in [0.5, 0.6) is 11.5 Å². The predicted octanol–water partition coefficient (Wildman–Crippen LogP) is 2.32. The molecule has 1 aromatic carbocycles. The summed E-state index contributed by atoms with van der Waals surface area (Å²) in [5, 5.41) is 2.81. The van der Waals surface area contributed by atoms with Crippen molar-refractivity contribution in [2.45, 2.75) is 33.6 Å². The first-order valence-corrected chi connectivity index (χ1v) is 8.04. The molecule has 0 radical (unpaired) electrons. The van der Waals surface area contributed by atoms with E-state index in [4.69, 9.17) is 9.47 Å². The zero-order valence-electron chi connectivity index (χ0n) is 13.9. The highest BCUT2D eigenvalue weighted by atomic mass is 16.7. The summed E-state index contributed by atoms with van der Waals surface area (Å²) in [7, 11) is 0. The van der Waals surface area contributed by atoms with E-state index in [0.29, 0.717) is 30.0 Å². The Kier molecular flexibility index (Phi) is 2.77. The second-order valence-electron chi connectivity index (χ2n) is 7.54. The van der Waals surface area contributed by atoms with Crippen LogP contribution in [0.15, 0.2) is 18.2 Å². The van der Waals surface area contributed by atoms with Gasteiger partial charge in [-0.15, -0.1) is 0 Å². The van der Waals surface area contributed by atoms with Gasteiger partial charge in [0.05, 0.1) is 0 Å². The van der Waals surface area contributed by atoms with Gasteiger partial charge < -0.3 is 14.8 Å². The maximum atomic E-state index is 13.1. The first kappa shape index (κ1) is 15.2. The maximum Gasteiger partial charge on any atom is 0.239 e. The number of benzene rings is 1. The van der Waals surface area contributed by atoms with Gasteiger partial charge in [0.25, 0.3) is 0 Å². The molecule has 0 aromatic heterocycles. The SMILES string of the molecule is CC1(C)[C@]2(C(=O)Nc3ccc4c(c3)OCO4)CC[C@]1(C)C(=O)C2=O. The fraction of sp³-hybridized carbons (Fsp3) is 0.500. The lowest BCUT2D eigenvalue weighted by Crippen LogP contribution is -2.47. The largest absolute Gasteiger partial charge is 0.454 e. The average molecular weight is 329 g/mol. The molecule has 2 atom stereocenters. The molecule has 24 heavy (non-hydrogen) atoms. The van der Waals surface area contributed by atoms with E-state index in [1.807, 2.05) is 13.8 Å². The molecular formula is C18H19NO5. The molecule has 1 N–H and O–H groups in total. The van der Waals surface area contributed by atoms with E-state index in [1.54, 1.807) is 25.1 Å². The van der Waals surface area contributed by atoms with Crippen LogP contribution in [-0.4, -0.2) is 24.3 Å². The predicted molar refractivity (Wildman–Crippen MR) is 84.8 cm³/mol. The van der Waals surface area contributed by atoms with Crippen LogP contribution in [0.4, 0.5) is 5.69 Å². The fourth-order valence-electron chi connectivity index (χ4n) is 4.49. The summed E-state index contributed by atoms with van der Waals surface area (Å²) in [6.45, 7) is 5.65. The number of fused-ring (bicyclic) bond motifs is 3. The number of nitrogens with one attached hydrogen (secondary N) is 1. The Morgan fingerprint density at radius 2 is 1.75 bits per heavy atom. The summed E-state index contributed by atoms with van der Waals surface area (Å²) in [6, 6.07) is 5.07. The molecular weight excluding hydrogens is 310 g/mol. The van der Waals surface area contributed by atoms with Crippen molar-refractivity contribution in [3.05, 3.63) is 18.2 Å². The maximum absolute atomic E-state index is 13.1. The molecule has 2 fully saturated rings. The molecule has 1 heterocycles. The van der Waals surface area contributed by atoms with Crippen LogP contribution in [0.1, 0.15) is 33.6 Å². The standard InChI is InChI=1S/C18H19NO5/c1-16(2)17(3)6-7-18(16,14(21)13(17)20)15(22)19-10-4-5-11-12(8-10)24-9-23-11/h4-5,8H,6-7,9H2,1-3H3,(H,19,22)/t17-,18-/m1/s1. The third kappa shape index (κ3) is 1.49. The lowest BCUT2D eigenvalue weighted by atomic mass is 9.64. The third-order valence-electron chi connectivity index (χ3n) is 6.56. The van der Waals surface area contributed by atoms with E-state index in [-0.39, 0.29) is 6.79 Å². The molecule has 3 aliphatic rings. The van der Waals surface area contributed by atoms with Crippen LogP contribution < -0.4 is 14.8 Å². The number of ketones is 2. The lowest BCUT2D eigenvalue weighted by Gasteiger charge is -2.37. The Morgan fingerprint density at radius 3 is 2.42 bits per heavy atom. The molecule has 0 saturated heterocycles. The second-order valence-corrected chi connectivity index (χ2v) is 7.54. The average Bonchev–Trinajstić information content (AvgIpc) is 3.10. The van der Waals surface area contributed by atoms with Crippen molar-refractivity contribution in [1.29, 1.82) is 0 Å². The minimum Gasteiger partial charge on any atom is -0.454 e. The quantitative estimate of drug-likeness (QED) is 0.665. The van der Waals surface area contributed by atoms with Crippen molar-refractivity contribution in [2.24, 2.45) is 16.2 Å². The van der Waals surface area contributed by atoms with Gasteiger partial charge in [-0.3, -0.25) is 14.4 Å². The van der Waals surface area contributed by atoms with Crippen molar-refractivity contribution in [1.82, 2.24) is 0 Å². The summed E-state index contributed by atoms with van der Waals surface area (Å²) in [5.41, 5.74) is -2.25. The summed E-state index contributed by atoms with van der Waals surface area (Å²) in [4.78, 5) is 38.2. The highest BCUT2D eigenvalue weighted by Crippen LogP contribution is 2.69. The summed E-state index contributed by atoms with van der Waals surface area (Å²) < 4.78 is 10.6. The van der Waals surface area contributed by atoms with E-state index in [9.17, 15) is 14.4 Å². The number of rotatable bonds is 2. The van der Waals surface area contributed by atoms with Gasteiger partial charge in [-0.1, -0.05) is 20.8 Å². The van der Waals surface area contributed by atoms with Gasteiger partial charge in [0.2, 0.25) is 24.3 Å². The second kappa shape index (κ2) is 4.37. The van der Waals surface area contributed by atoms with Crippen LogP contribution in [0.2, 0.25) is 0 Å². The van der Waals surface area contributed by atoms with Crippen molar-refractivity contribution in [3.63, 3.8) is 0 Å². The summed E-state index contributed by atoms with van der Waals surface area (Å²) >= 11 is 0. The third-order valence-corrected chi connectivity index (χ3v) is 6.56. The zero-order valence-corrected chi connectivity index (χ0v) is 13.9. The normalized spacial score (nSPS) is 32.3. The molecule has 2 aliphatic carbocycles. The minimum atomic E-state index is -1.30. The Hall–Kier alpha value is -2.37. The molecule has 0 unspecified atom stereocenters. The number of carbonyl (C=O) groups is 3. The summed E-state index contributed by atoms with van der Waals surface area (Å²) in [5.74, 6) is -0.216. The summed E-state index contributed by atoms with van der Waals surface area (Å²) in [6.07, 6.45) is 0.955. The molecule has 6 heteroatoms. The van der Waals surface area contributed by atoms with Gasteiger partial charge in [-0.2, -0.15) is 0 Å². The molecule has 2 bridgehead atoms. The Labute approximate surface area is 139 Å². The molecule has 1 aromatic rings. The van der Waals surface area contributed by atoms with Crippen molar-refractivity contribution in [3.8, 4) is 11.5 Å². The number of Topliss-reactive ketones (excluding diaryl/α,β-unsaturated/α-hetero) is 2. The number of carbonyl (C=O) groups excluding carboxylic acids is 3. The Balaban J connectivity index is 1.69. The minimum absolute atomic E-state index is 0.148. The van der Waals surface area contributed by atoms with Crippen LogP contribution in [0.25, 0.3) is 0 Å². The molecule has 2 saturated carbocycles. The monoisotopic (exact) mass is 329 g/mol. The topological polar surface area (TPSA) is 81.7 Å². The van der Waals surface area contributed by atoms with Crippen LogP contribution >= 0.6 is 0 Å². The first-order valence-electron chi connectivity index (χ1n) is 8.04. The van der Waals surface area contributed by atoms with E-state index in [0.717, 1.165) is 0 Å². The molecule has 4 rings (SSSR count). The van der Waals surface area contributed by atoms with Gasteiger partial charge in [0, 0.05) is 17.2 Å². The molecule has 0 spiro atoms. The van der Waals surface area contributed by atoms with E-state index < -0.39 is 33.7 Å². The van der Waals surface area contributed by atoms with Gasteiger partial charge in [0.15, 0.2) is 11.5 Å². The van der Waals surface area contributed by atoms with E-state index in [2.05, 4.69) is 5.32 Å². The number of amides is 1. The highest BCUT2D eigenvalue weighted by Gasteiger charge is 2.77. The number of hydrogen-bond donors (Lipinski definition) is 1. The molecule has 126 valence electrons. The van der Waals surface area contributed by atoms with E-state index in [1.165, 1.54) is 0 Å². The van der Waals surface area contributed by atoms with E-state index >= 15 is 0 Å². The lowest BCUT2D eigenvalue weighted by molar-refractivity contribution is -0.147. The van der Waals surface area contributed by atoms with Gasteiger partial charge in [-0.25, -0.2) is 0 Å². The van der Waals surface area contributed by atoms with Crippen molar-refractivity contribution >= 4 is 23.2 Å². The Morgan fingerprint density at radius 1 is 1.04 bits per heavy atom. The van der Waals surface area contributed by atoms with Crippen molar-refractivity contribution in [2.75, 3.05) is 12.1 Å². The van der Waals surface area contributed by atoms with Crippen LogP contribution in [0, 0.1) is 16.2 Å². The van der Waals surface area contributed by atoms with Gasteiger partial charge >= 0.3 is 0 Å². The smallest absolute Gasteiger partial charge is 0.239 e. The van der Waals surface area contributed by atoms with Crippen LogP contribution in [0.3, 0.4) is 0 Å². The first-order chi connectivity index (χ1) is 11.2. The van der Waals surface area contributed by atoms with Gasteiger partial charge in [-0.05, 0) is 30.4 Å². The van der Waals surface area contributed by atoms with Crippen molar-refractivity contribution < 1.29 is 23.9 Å². The number of anilines is 1. The number of hydrogen-bond acceptors (Lipinski definition) is 5. The zero-order chi connectivity index (χ0) is 17.3. The van der Waals surface area contributed by atoms with Gasteiger partial charge in [0.1, 0.15) is 5.41 Å². The Bertz CT molecular complexity index is 799. The molecule has 6 nitrogen and oxygen atoms in total. The van der Waals surface area contributed by atoms with Crippen LogP contribution in [-0.2, 0) is 14.4 Å². The molecule has 1 amide bonds. The molecule has 1 aliphatic heterocycles. The fourth-order valence-corrected chi connectivity index (χ4v) is 4.49. The highest BCUT2D eigenvalue weighted by molar-refractivity contribution is 6.49. The number of ether oxygens (including phenoxy) is 2.